The van der Waals surface area contributed by atoms with Crippen molar-refractivity contribution in [2.45, 2.75) is 33.2 Å². The van der Waals surface area contributed by atoms with Gasteiger partial charge in [-0.05, 0) is 62.8 Å². The summed E-state index contributed by atoms with van der Waals surface area (Å²) in [5.41, 5.74) is 1.22. The molecule has 2 aromatic carbocycles. The Morgan fingerprint density at radius 3 is 2.41 bits per heavy atom. The number of hydrogen-bond acceptors (Lipinski definition) is 6. The lowest BCUT2D eigenvalue weighted by atomic mass is 9.95. The summed E-state index contributed by atoms with van der Waals surface area (Å²) in [6.07, 6.45) is 0.717. The van der Waals surface area contributed by atoms with E-state index in [1.54, 1.807) is 42.3 Å². The molecule has 0 bridgehead atoms. The van der Waals surface area contributed by atoms with Gasteiger partial charge in [0.15, 0.2) is 0 Å². The summed E-state index contributed by atoms with van der Waals surface area (Å²) >= 11 is 0. The van der Waals surface area contributed by atoms with Crippen molar-refractivity contribution in [3.63, 3.8) is 0 Å². The van der Waals surface area contributed by atoms with Crippen LogP contribution >= 0.6 is 0 Å². The highest BCUT2D eigenvalue weighted by Crippen LogP contribution is 2.40. The second-order valence-electron chi connectivity index (χ2n) is 8.11. The standard InChI is InChI=1S/C27H34N2O5/c1-5-28(6-2)15-10-16-29-24(19-11-8-13-21(17-19)33-4)23(26(31)27(29)32)25(30)20-12-9-14-22(18-20)34-7-3/h8-9,11-14,17-18,24,30H,5-7,10,15-16H2,1-4H3/b25-23+. The molecular weight excluding hydrogens is 432 g/mol. The molecule has 1 amide bonds. The number of nitrogens with zero attached hydrogens (tertiary/aromatic N) is 2. The highest BCUT2D eigenvalue weighted by molar-refractivity contribution is 6.46. The Morgan fingerprint density at radius 2 is 1.74 bits per heavy atom. The summed E-state index contributed by atoms with van der Waals surface area (Å²) in [6.45, 7) is 9.61. The van der Waals surface area contributed by atoms with Crippen LogP contribution in [0, 0.1) is 0 Å². The number of likely N-dealkylation sites (tertiary alicyclic amines) is 1. The van der Waals surface area contributed by atoms with Crippen molar-refractivity contribution in [3.05, 3.63) is 65.2 Å². The number of ether oxygens (including phenoxy) is 2. The normalized spacial score (nSPS) is 17.4. The second kappa shape index (κ2) is 11.7. The van der Waals surface area contributed by atoms with Crippen LogP contribution in [0.25, 0.3) is 5.76 Å². The summed E-state index contributed by atoms with van der Waals surface area (Å²) < 4.78 is 10.9. The molecule has 1 heterocycles. The van der Waals surface area contributed by atoms with E-state index in [0.717, 1.165) is 26.1 Å². The first-order valence-electron chi connectivity index (χ1n) is 11.8. The van der Waals surface area contributed by atoms with Crippen LogP contribution in [-0.2, 0) is 9.59 Å². The SMILES string of the molecule is CCOc1cccc(/C(O)=C2\C(=O)C(=O)N(CCCN(CC)CC)C2c2cccc(OC)c2)c1. The van der Waals surface area contributed by atoms with Crippen LogP contribution in [0.1, 0.15) is 44.4 Å². The van der Waals surface area contributed by atoms with Crippen molar-refractivity contribution in [1.29, 1.82) is 0 Å². The molecule has 1 aliphatic rings. The predicted molar refractivity (Wildman–Crippen MR) is 132 cm³/mol. The van der Waals surface area contributed by atoms with Crippen LogP contribution in [-0.4, -0.2) is 66.5 Å². The van der Waals surface area contributed by atoms with Gasteiger partial charge in [0.1, 0.15) is 17.3 Å². The lowest BCUT2D eigenvalue weighted by molar-refractivity contribution is -0.140. The molecule has 0 saturated carbocycles. The van der Waals surface area contributed by atoms with Gasteiger partial charge in [0, 0.05) is 12.1 Å². The van der Waals surface area contributed by atoms with Crippen molar-refractivity contribution in [2.24, 2.45) is 0 Å². The molecule has 34 heavy (non-hydrogen) atoms. The van der Waals surface area contributed by atoms with Gasteiger partial charge in [0.25, 0.3) is 11.7 Å². The zero-order chi connectivity index (χ0) is 24.7. The van der Waals surface area contributed by atoms with Crippen molar-refractivity contribution in [1.82, 2.24) is 9.80 Å². The summed E-state index contributed by atoms with van der Waals surface area (Å²) in [5, 5.41) is 11.3. The maximum atomic E-state index is 13.2. The van der Waals surface area contributed by atoms with E-state index in [-0.39, 0.29) is 11.3 Å². The van der Waals surface area contributed by atoms with Gasteiger partial charge in [-0.2, -0.15) is 0 Å². The zero-order valence-electron chi connectivity index (χ0n) is 20.4. The van der Waals surface area contributed by atoms with E-state index in [0.29, 0.717) is 35.8 Å². The Labute approximate surface area is 201 Å². The number of aliphatic hydroxyl groups is 1. The lowest BCUT2D eigenvalue weighted by Gasteiger charge is -2.27. The van der Waals surface area contributed by atoms with E-state index in [2.05, 4.69) is 18.7 Å². The Bertz CT molecular complexity index is 1040. The molecule has 1 unspecified atom stereocenters. The largest absolute Gasteiger partial charge is 0.507 e. The molecule has 0 radical (unpaired) electrons. The minimum absolute atomic E-state index is 0.0785. The van der Waals surface area contributed by atoms with Gasteiger partial charge < -0.3 is 24.4 Å². The molecule has 7 heteroatoms. The second-order valence-corrected chi connectivity index (χ2v) is 8.11. The first-order chi connectivity index (χ1) is 16.4. The first kappa shape index (κ1) is 25.3. The fourth-order valence-electron chi connectivity index (χ4n) is 4.33. The molecule has 1 fully saturated rings. The molecule has 182 valence electrons. The van der Waals surface area contributed by atoms with Gasteiger partial charge in [-0.1, -0.05) is 38.1 Å². The van der Waals surface area contributed by atoms with E-state index in [1.165, 1.54) is 0 Å². The molecule has 1 saturated heterocycles. The van der Waals surface area contributed by atoms with Crippen molar-refractivity contribution < 1.29 is 24.2 Å². The molecule has 2 aromatic rings. The maximum absolute atomic E-state index is 13.2. The van der Waals surface area contributed by atoms with Crippen LogP contribution in [0.4, 0.5) is 0 Å². The fraction of sp³-hybridized carbons (Fsp3) is 0.407. The average molecular weight is 467 g/mol. The summed E-state index contributed by atoms with van der Waals surface area (Å²) in [7, 11) is 1.57. The van der Waals surface area contributed by atoms with Gasteiger partial charge >= 0.3 is 0 Å². The third kappa shape index (κ3) is 5.42. The van der Waals surface area contributed by atoms with Crippen LogP contribution < -0.4 is 9.47 Å². The topological polar surface area (TPSA) is 79.3 Å². The monoisotopic (exact) mass is 466 g/mol. The third-order valence-electron chi connectivity index (χ3n) is 6.14. The molecule has 0 spiro atoms. The number of carbonyl (C=O) groups excluding carboxylic acids is 2. The number of amides is 1. The van der Waals surface area contributed by atoms with Gasteiger partial charge in [0.2, 0.25) is 0 Å². The first-order valence-corrected chi connectivity index (χ1v) is 11.8. The summed E-state index contributed by atoms with van der Waals surface area (Å²) in [6, 6.07) is 13.5. The third-order valence-corrected chi connectivity index (χ3v) is 6.14. The van der Waals surface area contributed by atoms with E-state index in [4.69, 9.17) is 9.47 Å². The number of rotatable bonds is 11. The molecule has 0 aliphatic carbocycles. The van der Waals surface area contributed by atoms with Crippen molar-refractivity contribution in [2.75, 3.05) is 39.9 Å². The Balaban J connectivity index is 2.05. The predicted octanol–water partition coefficient (Wildman–Crippen LogP) is 4.25. The van der Waals surface area contributed by atoms with E-state index in [1.807, 2.05) is 25.1 Å². The summed E-state index contributed by atoms with van der Waals surface area (Å²) in [5.74, 6) is -0.300. The molecular formula is C27H34N2O5. The molecule has 1 N–H and O–H groups in total. The minimum atomic E-state index is -0.706. The highest BCUT2D eigenvalue weighted by atomic mass is 16.5. The van der Waals surface area contributed by atoms with Crippen LogP contribution in [0.15, 0.2) is 54.1 Å². The fourth-order valence-corrected chi connectivity index (χ4v) is 4.33. The molecule has 0 aromatic heterocycles. The molecule has 7 nitrogen and oxygen atoms in total. The number of methoxy groups -OCH3 is 1. The van der Waals surface area contributed by atoms with E-state index in [9.17, 15) is 14.7 Å². The molecule has 1 aliphatic heterocycles. The van der Waals surface area contributed by atoms with Crippen LogP contribution in [0.5, 0.6) is 11.5 Å². The Hall–Kier alpha value is -3.32. The molecule has 1 atom stereocenters. The quantitative estimate of drug-likeness (QED) is 0.303. The number of aliphatic hydroxyl groups excluding tert-OH is 1. The zero-order valence-corrected chi connectivity index (χ0v) is 20.4. The van der Waals surface area contributed by atoms with Gasteiger partial charge in [-0.25, -0.2) is 0 Å². The molecule has 3 rings (SSSR count). The Morgan fingerprint density at radius 1 is 1.03 bits per heavy atom. The van der Waals surface area contributed by atoms with Crippen molar-refractivity contribution >= 4 is 17.4 Å². The van der Waals surface area contributed by atoms with Gasteiger partial charge in [-0.3, -0.25) is 9.59 Å². The number of ketones is 1. The minimum Gasteiger partial charge on any atom is -0.507 e. The van der Waals surface area contributed by atoms with Crippen molar-refractivity contribution in [3.8, 4) is 11.5 Å². The number of carbonyl (C=O) groups is 2. The lowest BCUT2D eigenvalue weighted by Crippen LogP contribution is -2.33. The van der Waals surface area contributed by atoms with Crippen LogP contribution in [0.3, 0.4) is 0 Å². The number of Topliss-reactive ketones (excluding diaryl/α,β-unsaturated/α-hetero) is 1. The highest BCUT2D eigenvalue weighted by Gasteiger charge is 2.45. The van der Waals surface area contributed by atoms with E-state index < -0.39 is 17.7 Å². The number of benzene rings is 2. The maximum Gasteiger partial charge on any atom is 0.295 e. The van der Waals surface area contributed by atoms with E-state index >= 15 is 0 Å². The summed E-state index contributed by atoms with van der Waals surface area (Å²) in [4.78, 5) is 30.2. The Kier molecular flexibility index (Phi) is 8.71. The average Bonchev–Trinajstić information content (AvgIpc) is 3.11. The number of hydrogen-bond donors (Lipinski definition) is 1. The van der Waals surface area contributed by atoms with Gasteiger partial charge in [0.05, 0.1) is 25.3 Å². The van der Waals surface area contributed by atoms with Gasteiger partial charge in [-0.15, -0.1) is 0 Å². The van der Waals surface area contributed by atoms with Crippen LogP contribution in [0.2, 0.25) is 0 Å². The smallest absolute Gasteiger partial charge is 0.295 e.